The zero-order valence-corrected chi connectivity index (χ0v) is 11.0. The van der Waals surface area contributed by atoms with Crippen LogP contribution in [0.4, 0.5) is 0 Å². The highest BCUT2D eigenvalue weighted by atomic mass is 16.5. The van der Waals surface area contributed by atoms with Gasteiger partial charge in [-0.1, -0.05) is 5.16 Å². The Labute approximate surface area is 111 Å². The van der Waals surface area contributed by atoms with E-state index in [-0.39, 0.29) is 11.9 Å². The molecule has 0 aromatic carbocycles. The molecule has 1 aliphatic rings. The molecule has 0 saturated carbocycles. The Balaban J connectivity index is 1.85. The van der Waals surface area contributed by atoms with E-state index in [9.17, 15) is 4.79 Å². The Hall–Kier alpha value is -2.11. The molecule has 1 fully saturated rings. The average molecular weight is 260 g/mol. The zero-order chi connectivity index (χ0) is 13.4. The van der Waals surface area contributed by atoms with Crippen molar-refractivity contribution in [2.24, 2.45) is 7.05 Å². The van der Waals surface area contributed by atoms with Crippen LogP contribution in [0.3, 0.4) is 0 Å². The van der Waals surface area contributed by atoms with Gasteiger partial charge in [0.05, 0.1) is 6.04 Å². The SMILES string of the molecule is Cc1cc([C@@H]2CCCN2C(=O)c2ccn(C)n2)no1. The second-order valence-corrected chi connectivity index (χ2v) is 4.89. The van der Waals surface area contributed by atoms with Gasteiger partial charge in [-0.25, -0.2) is 0 Å². The van der Waals surface area contributed by atoms with Crippen molar-refractivity contribution in [1.82, 2.24) is 19.8 Å². The molecular formula is C13H16N4O2. The third-order valence-corrected chi connectivity index (χ3v) is 3.43. The summed E-state index contributed by atoms with van der Waals surface area (Å²) < 4.78 is 6.74. The lowest BCUT2D eigenvalue weighted by Crippen LogP contribution is -2.31. The van der Waals surface area contributed by atoms with Gasteiger partial charge in [0, 0.05) is 25.9 Å². The van der Waals surface area contributed by atoms with Crippen LogP contribution in [0.15, 0.2) is 22.9 Å². The molecule has 6 nitrogen and oxygen atoms in total. The van der Waals surface area contributed by atoms with E-state index >= 15 is 0 Å². The van der Waals surface area contributed by atoms with Gasteiger partial charge >= 0.3 is 0 Å². The van der Waals surface area contributed by atoms with Gasteiger partial charge in [-0.3, -0.25) is 9.48 Å². The number of amides is 1. The fourth-order valence-corrected chi connectivity index (χ4v) is 2.54. The number of hydrogen-bond acceptors (Lipinski definition) is 4. The summed E-state index contributed by atoms with van der Waals surface area (Å²) in [4.78, 5) is 14.3. The highest BCUT2D eigenvalue weighted by Gasteiger charge is 2.33. The van der Waals surface area contributed by atoms with Crippen molar-refractivity contribution >= 4 is 5.91 Å². The number of hydrogen-bond donors (Lipinski definition) is 0. The number of aryl methyl sites for hydroxylation is 2. The van der Waals surface area contributed by atoms with Crippen molar-refractivity contribution < 1.29 is 9.32 Å². The lowest BCUT2D eigenvalue weighted by molar-refractivity contribution is 0.0724. The molecule has 0 bridgehead atoms. The van der Waals surface area contributed by atoms with Crippen LogP contribution >= 0.6 is 0 Å². The molecule has 19 heavy (non-hydrogen) atoms. The molecule has 1 amide bonds. The minimum absolute atomic E-state index is 0.00644. The molecule has 0 unspecified atom stereocenters. The van der Waals surface area contributed by atoms with Crippen molar-refractivity contribution in [2.45, 2.75) is 25.8 Å². The molecule has 0 N–H and O–H groups in total. The number of nitrogens with zero attached hydrogens (tertiary/aromatic N) is 4. The van der Waals surface area contributed by atoms with Gasteiger partial charge in [0.2, 0.25) is 0 Å². The van der Waals surface area contributed by atoms with Gasteiger partial charge in [-0.15, -0.1) is 0 Å². The Bertz CT molecular complexity index is 601. The Morgan fingerprint density at radius 3 is 3.00 bits per heavy atom. The molecule has 1 atom stereocenters. The third-order valence-electron chi connectivity index (χ3n) is 3.43. The van der Waals surface area contributed by atoms with E-state index in [4.69, 9.17) is 4.52 Å². The molecule has 1 aliphatic heterocycles. The van der Waals surface area contributed by atoms with E-state index in [2.05, 4.69) is 10.3 Å². The molecule has 2 aromatic rings. The monoisotopic (exact) mass is 260 g/mol. The molecule has 3 rings (SSSR count). The summed E-state index contributed by atoms with van der Waals surface area (Å²) in [7, 11) is 1.80. The first-order chi connectivity index (χ1) is 9.15. The van der Waals surface area contributed by atoms with Gasteiger partial charge in [0.25, 0.3) is 5.91 Å². The van der Waals surface area contributed by atoms with Crippen molar-refractivity contribution in [3.8, 4) is 0 Å². The van der Waals surface area contributed by atoms with Crippen molar-refractivity contribution in [1.29, 1.82) is 0 Å². The second kappa shape index (κ2) is 4.53. The molecular weight excluding hydrogens is 244 g/mol. The lowest BCUT2D eigenvalue weighted by atomic mass is 10.1. The average Bonchev–Trinajstić information content (AvgIpc) is 3.07. The zero-order valence-electron chi connectivity index (χ0n) is 11.0. The van der Waals surface area contributed by atoms with E-state index in [1.165, 1.54) is 0 Å². The largest absolute Gasteiger partial charge is 0.361 e. The summed E-state index contributed by atoms with van der Waals surface area (Å²) in [6.07, 6.45) is 3.68. The van der Waals surface area contributed by atoms with Gasteiger partial charge in [-0.2, -0.15) is 5.10 Å². The van der Waals surface area contributed by atoms with E-state index < -0.39 is 0 Å². The van der Waals surface area contributed by atoms with Crippen LogP contribution in [-0.2, 0) is 7.05 Å². The standard InChI is InChI=1S/C13H16N4O2/c1-9-8-11(15-19-9)12-4-3-6-17(12)13(18)10-5-7-16(2)14-10/h5,7-8,12H,3-4,6H2,1-2H3/t12-/m0/s1. The Morgan fingerprint density at radius 1 is 1.53 bits per heavy atom. The van der Waals surface area contributed by atoms with Crippen LogP contribution < -0.4 is 0 Å². The maximum atomic E-state index is 12.4. The summed E-state index contributed by atoms with van der Waals surface area (Å²) in [6, 6.07) is 3.65. The van der Waals surface area contributed by atoms with Crippen LogP contribution in [0, 0.1) is 6.92 Å². The molecule has 0 aliphatic carbocycles. The van der Waals surface area contributed by atoms with Gasteiger partial charge in [0.1, 0.15) is 17.1 Å². The van der Waals surface area contributed by atoms with E-state index in [0.29, 0.717) is 5.69 Å². The molecule has 0 spiro atoms. The van der Waals surface area contributed by atoms with E-state index in [0.717, 1.165) is 30.8 Å². The normalized spacial score (nSPS) is 19.1. The second-order valence-electron chi connectivity index (χ2n) is 4.89. The van der Waals surface area contributed by atoms with Crippen LogP contribution in [-0.4, -0.2) is 32.3 Å². The van der Waals surface area contributed by atoms with Crippen molar-refractivity contribution in [3.63, 3.8) is 0 Å². The van der Waals surface area contributed by atoms with Crippen LogP contribution in [0.5, 0.6) is 0 Å². The number of aromatic nitrogens is 3. The third kappa shape index (κ3) is 2.14. The first-order valence-corrected chi connectivity index (χ1v) is 6.39. The fraction of sp³-hybridized carbons (Fsp3) is 0.462. The minimum atomic E-state index is -0.0382. The number of carbonyl (C=O) groups is 1. The first kappa shape index (κ1) is 12.0. The molecule has 0 radical (unpaired) electrons. The van der Waals surface area contributed by atoms with Crippen LogP contribution in [0.25, 0.3) is 0 Å². The van der Waals surface area contributed by atoms with Crippen LogP contribution in [0.2, 0.25) is 0 Å². The highest BCUT2D eigenvalue weighted by molar-refractivity contribution is 5.92. The lowest BCUT2D eigenvalue weighted by Gasteiger charge is -2.21. The first-order valence-electron chi connectivity index (χ1n) is 6.39. The summed E-state index contributed by atoms with van der Waals surface area (Å²) in [5.41, 5.74) is 1.31. The smallest absolute Gasteiger partial charge is 0.274 e. The highest BCUT2D eigenvalue weighted by Crippen LogP contribution is 2.32. The molecule has 3 heterocycles. The summed E-state index contributed by atoms with van der Waals surface area (Å²) in [5.74, 6) is 0.732. The van der Waals surface area contributed by atoms with Gasteiger partial charge in [-0.05, 0) is 25.8 Å². The fourth-order valence-electron chi connectivity index (χ4n) is 2.54. The Kier molecular flexibility index (Phi) is 2.85. The molecule has 6 heteroatoms. The quantitative estimate of drug-likeness (QED) is 0.824. The van der Waals surface area contributed by atoms with Crippen LogP contribution in [0.1, 0.15) is 40.8 Å². The number of likely N-dealkylation sites (tertiary alicyclic amines) is 1. The number of rotatable bonds is 2. The molecule has 1 saturated heterocycles. The molecule has 100 valence electrons. The topological polar surface area (TPSA) is 64.2 Å². The van der Waals surface area contributed by atoms with Crippen molar-refractivity contribution in [2.75, 3.05) is 6.54 Å². The maximum Gasteiger partial charge on any atom is 0.274 e. The van der Waals surface area contributed by atoms with E-state index in [1.54, 1.807) is 24.0 Å². The predicted molar refractivity (Wildman–Crippen MR) is 67.5 cm³/mol. The summed E-state index contributed by atoms with van der Waals surface area (Å²) in [5, 5.41) is 8.20. The van der Waals surface area contributed by atoms with Crippen molar-refractivity contribution in [3.05, 3.63) is 35.5 Å². The van der Waals surface area contributed by atoms with E-state index in [1.807, 2.05) is 17.9 Å². The minimum Gasteiger partial charge on any atom is -0.361 e. The Morgan fingerprint density at radius 2 is 2.37 bits per heavy atom. The predicted octanol–water partition coefficient (Wildman–Crippen LogP) is 1.69. The number of carbonyl (C=O) groups excluding carboxylic acids is 1. The summed E-state index contributed by atoms with van der Waals surface area (Å²) in [6.45, 7) is 2.60. The van der Waals surface area contributed by atoms with Gasteiger partial charge < -0.3 is 9.42 Å². The molecule has 2 aromatic heterocycles. The maximum absolute atomic E-state index is 12.4. The van der Waals surface area contributed by atoms with Gasteiger partial charge in [0.15, 0.2) is 0 Å². The summed E-state index contributed by atoms with van der Waals surface area (Å²) >= 11 is 0.